The van der Waals surface area contributed by atoms with Crippen molar-refractivity contribution in [3.8, 4) is 11.5 Å². The van der Waals surface area contributed by atoms with E-state index in [4.69, 9.17) is 9.47 Å². The smallest absolute Gasteiger partial charge is 0.251 e. The fourth-order valence-corrected chi connectivity index (χ4v) is 3.89. The summed E-state index contributed by atoms with van der Waals surface area (Å²) in [6, 6.07) is 15.2. The van der Waals surface area contributed by atoms with Crippen LogP contribution in [0.15, 0.2) is 48.5 Å². The maximum Gasteiger partial charge on any atom is 0.251 e. The molecule has 178 valence electrons. The van der Waals surface area contributed by atoms with Gasteiger partial charge in [0.1, 0.15) is 11.5 Å². The zero-order valence-electron chi connectivity index (χ0n) is 19.6. The normalized spacial score (nSPS) is 14.5. The summed E-state index contributed by atoms with van der Waals surface area (Å²) in [5.74, 6) is 1.22. The Morgan fingerprint density at radius 3 is 2.48 bits per heavy atom. The number of nitrogens with one attached hydrogen (secondary N) is 2. The Morgan fingerprint density at radius 1 is 1.06 bits per heavy atom. The summed E-state index contributed by atoms with van der Waals surface area (Å²) in [5, 5.41) is 5.74. The molecular weight excluding hydrogens is 418 g/mol. The lowest BCUT2D eigenvalue weighted by Crippen LogP contribution is -2.47. The molecule has 1 fully saturated rings. The second-order valence-corrected chi connectivity index (χ2v) is 8.34. The first-order valence-corrected chi connectivity index (χ1v) is 11.7. The Balaban J connectivity index is 1.36. The zero-order valence-corrected chi connectivity index (χ0v) is 19.6. The van der Waals surface area contributed by atoms with Gasteiger partial charge in [0.05, 0.1) is 20.3 Å². The Morgan fingerprint density at radius 2 is 1.79 bits per heavy atom. The predicted molar refractivity (Wildman–Crippen MR) is 129 cm³/mol. The van der Waals surface area contributed by atoms with Crippen molar-refractivity contribution in [1.29, 1.82) is 0 Å². The van der Waals surface area contributed by atoms with Gasteiger partial charge >= 0.3 is 0 Å². The number of rotatable bonds is 11. The SMILES string of the molecule is CCCCOc1ccc(C(=O)NCC(=O)NC2CCN(Cc3ccccc3OC)CC2)cc1. The highest BCUT2D eigenvalue weighted by Gasteiger charge is 2.21. The average molecular weight is 454 g/mol. The van der Waals surface area contributed by atoms with Gasteiger partial charge in [0, 0.05) is 36.8 Å². The van der Waals surface area contributed by atoms with Gasteiger partial charge in [-0.05, 0) is 49.6 Å². The quantitative estimate of drug-likeness (QED) is 0.510. The molecule has 2 amide bonds. The molecule has 0 aliphatic carbocycles. The molecule has 0 aromatic heterocycles. The van der Waals surface area contributed by atoms with Crippen LogP contribution in [0.1, 0.15) is 48.5 Å². The van der Waals surface area contributed by atoms with E-state index in [-0.39, 0.29) is 24.4 Å². The van der Waals surface area contributed by atoms with Crippen LogP contribution in [-0.4, -0.2) is 56.1 Å². The molecule has 0 spiro atoms. The molecule has 0 bridgehead atoms. The number of likely N-dealkylation sites (tertiary alicyclic amines) is 1. The molecule has 2 N–H and O–H groups in total. The van der Waals surface area contributed by atoms with E-state index in [2.05, 4.69) is 28.5 Å². The summed E-state index contributed by atoms with van der Waals surface area (Å²) in [7, 11) is 1.69. The van der Waals surface area contributed by atoms with Gasteiger partial charge in [0.25, 0.3) is 5.91 Å². The van der Waals surface area contributed by atoms with Gasteiger partial charge in [-0.2, -0.15) is 0 Å². The third-order valence-corrected chi connectivity index (χ3v) is 5.83. The van der Waals surface area contributed by atoms with E-state index < -0.39 is 0 Å². The predicted octanol–water partition coefficient (Wildman–Crippen LogP) is 3.38. The average Bonchev–Trinajstić information content (AvgIpc) is 2.84. The molecule has 7 heteroatoms. The van der Waals surface area contributed by atoms with E-state index in [1.807, 2.05) is 18.2 Å². The van der Waals surface area contributed by atoms with E-state index >= 15 is 0 Å². The van der Waals surface area contributed by atoms with Crippen molar-refractivity contribution in [2.75, 3.05) is 33.4 Å². The van der Waals surface area contributed by atoms with E-state index in [1.54, 1.807) is 31.4 Å². The number of methoxy groups -OCH3 is 1. The molecule has 1 heterocycles. The molecule has 0 unspecified atom stereocenters. The molecular formula is C26H35N3O4. The van der Waals surface area contributed by atoms with Crippen LogP contribution >= 0.6 is 0 Å². The highest BCUT2D eigenvalue weighted by molar-refractivity contribution is 5.96. The van der Waals surface area contributed by atoms with Crippen LogP contribution in [0.5, 0.6) is 11.5 Å². The van der Waals surface area contributed by atoms with Crippen LogP contribution in [0.4, 0.5) is 0 Å². The minimum atomic E-state index is -0.267. The van der Waals surface area contributed by atoms with Gasteiger partial charge in [-0.25, -0.2) is 0 Å². The number of carbonyl (C=O) groups is 2. The number of piperidine rings is 1. The summed E-state index contributed by atoms with van der Waals surface area (Å²) in [4.78, 5) is 27.0. The molecule has 0 saturated carbocycles. The Labute approximate surface area is 196 Å². The van der Waals surface area contributed by atoms with E-state index in [0.717, 1.165) is 56.8 Å². The zero-order chi connectivity index (χ0) is 23.5. The molecule has 0 atom stereocenters. The van der Waals surface area contributed by atoms with Crippen molar-refractivity contribution >= 4 is 11.8 Å². The first-order valence-electron chi connectivity index (χ1n) is 11.7. The van der Waals surface area contributed by atoms with Gasteiger partial charge < -0.3 is 20.1 Å². The van der Waals surface area contributed by atoms with Crippen LogP contribution in [-0.2, 0) is 11.3 Å². The van der Waals surface area contributed by atoms with Gasteiger partial charge in [0.2, 0.25) is 5.91 Å². The standard InChI is InChI=1S/C26H35N3O4/c1-3-4-17-33-23-11-9-20(10-12-23)26(31)27-18-25(30)28-22-13-15-29(16-14-22)19-21-7-5-6-8-24(21)32-2/h5-12,22H,3-4,13-19H2,1-2H3,(H,27,31)(H,28,30). The number of ether oxygens (including phenoxy) is 2. The number of para-hydroxylation sites is 1. The lowest BCUT2D eigenvalue weighted by Gasteiger charge is -2.32. The van der Waals surface area contributed by atoms with Crippen LogP contribution in [0.3, 0.4) is 0 Å². The van der Waals surface area contributed by atoms with E-state index in [1.165, 1.54) is 5.56 Å². The highest BCUT2D eigenvalue weighted by atomic mass is 16.5. The maximum atomic E-state index is 12.3. The summed E-state index contributed by atoms with van der Waals surface area (Å²) < 4.78 is 11.1. The molecule has 2 aromatic rings. The minimum Gasteiger partial charge on any atom is -0.496 e. The fraction of sp³-hybridized carbons (Fsp3) is 0.462. The number of carbonyl (C=O) groups excluding carboxylic acids is 2. The molecule has 1 saturated heterocycles. The lowest BCUT2D eigenvalue weighted by atomic mass is 10.0. The number of hydrogen-bond acceptors (Lipinski definition) is 5. The summed E-state index contributed by atoms with van der Waals surface area (Å²) in [6.45, 7) is 5.39. The van der Waals surface area contributed by atoms with E-state index in [9.17, 15) is 9.59 Å². The number of nitrogens with zero attached hydrogens (tertiary/aromatic N) is 1. The molecule has 0 radical (unpaired) electrons. The Kier molecular flexibility index (Phi) is 9.57. The van der Waals surface area contributed by atoms with Crippen molar-refractivity contribution < 1.29 is 19.1 Å². The summed E-state index contributed by atoms with van der Waals surface area (Å²) in [5.41, 5.74) is 1.68. The number of amides is 2. The first kappa shape index (κ1) is 24.6. The van der Waals surface area contributed by atoms with Crippen LogP contribution < -0.4 is 20.1 Å². The Hall–Kier alpha value is -3.06. The monoisotopic (exact) mass is 453 g/mol. The van der Waals surface area contributed by atoms with Crippen molar-refractivity contribution in [2.24, 2.45) is 0 Å². The largest absolute Gasteiger partial charge is 0.496 e. The van der Waals surface area contributed by atoms with Crippen LogP contribution in [0, 0.1) is 0 Å². The summed E-state index contributed by atoms with van der Waals surface area (Å²) in [6.07, 6.45) is 3.84. The minimum absolute atomic E-state index is 0.0327. The Bertz CT molecular complexity index is 893. The van der Waals surface area contributed by atoms with Gasteiger partial charge in [-0.3, -0.25) is 14.5 Å². The molecule has 3 rings (SSSR count). The van der Waals surface area contributed by atoms with Crippen molar-refractivity contribution in [3.63, 3.8) is 0 Å². The van der Waals surface area contributed by atoms with Crippen molar-refractivity contribution in [3.05, 3.63) is 59.7 Å². The van der Waals surface area contributed by atoms with Gasteiger partial charge in [-0.15, -0.1) is 0 Å². The third-order valence-electron chi connectivity index (χ3n) is 5.83. The molecule has 33 heavy (non-hydrogen) atoms. The second kappa shape index (κ2) is 12.8. The van der Waals surface area contributed by atoms with E-state index in [0.29, 0.717) is 12.2 Å². The summed E-state index contributed by atoms with van der Waals surface area (Å²) >= 11 is 0. The first-order chi connectivity index (χ1) is 16.1. The molecule has 2 aromatic carbocycles. The third kappa shape index (κ3) is 7.79. The number of hydrogen-bond donors (Lipinski definition) is 2. The van der Waals surface area contributed by atoms with Crippen LogP contribution in [0.25, 0.3) is 0 Å². The lowest BCUT2D eigenvalue weighted by molar-refractivity contribution is -0.121. The maximum absolute atomic E-state index is 12.3. The fourth-order valence-electron chi connectivity index (χ4n) is 3.89. The topological polar surface area (TPSA) is 79.9 Å². The molecule has 1 aliphatic heterocycles. The van der Waals surface area contributed by atoms with Gasteiger partial charge in [0.15, 0.2) is 0 Å². The number of benzene rings is 2. The highest BCUT2D eigenvalue weighted by Crippen LogP contribution is 2.21. The number of unbranched alkanes of at least 4 members (excludes halogenated alkanes) is 1. The van der Waals surface area contributed by atoms with Crippen molar-refractivity contribution in [1.82, 2.24) is 15.5 Å². The molecule has 1 aliphatic rings. The van der Waals surface area contributed by atoms with Crippen LogP contribution in [0.2, 0.25) is 0 Å². The van der Waals surface area contributed by atoms with Gasteiger partial charge in [-0.1, -0.05) is 31.5 Å². The van der Waals surface area contributed by atoms with Crippen molar-refractivity contribution in [2.45, 2.75) is 45.2 Å². The molecule has 7 nitrogen and oxygen atoms in total. The second-order valence-electron chi connectivity index (χ2n) is 8.34.